The van der Waals surface area contributed by atoms with Crippen molar-refractivity contribution in [3.63, 3.8) is 0 Å². The Morgan fingerprint density at radius 2 is 2.00 bits per heavy atom. The van der Waals surface area contributed by atoms with Gasteiger partial charge in [-0.25, -0.2) is 0 Å². The quantitative estimate of drug-likeness (QED) is 0.850. The highest BCUT2D eigenvalue weighted by molar-refractivity contribution is 9.10. The standard InChI is InChI=1S/C16H18BrNOS/c1-16(2,3)14-7-5-4-6-13(14)15(19)18-9-12-8-11(17)10-20-12/h4-8,10H,9H2,1-3H3,(H,18,19). The highest BCUT2D eigenvalue weighted by Crippen LogP contribution is 2.26. The molecule has 0 saturated carbocycles. The SMILES string of the molecule is CC(C)(C)c1ccccc1C(=O)NCc1cc(Br)cs1. The zero-order chi connectivity index (χ0) is 14.8. The smallest absolute Gasteiger partial charge is 0.251 e. The molecule has 1 aromatic carbocycles. The Morgan fingerprint density at radius 3 is 2.60 bits per heavy atom. The summed E-state index contributed by atoms with van der Waals surface area (Å²) in [6.07, 6.45) is 0. The van der Waals surface area contributed by atoms with Gasteiger partial charge < -0.3 is 5.32 Å². The van der Waals surface area contributed by atoms with E-state index in [9.17, 15) is 4.79 Å². The molecule has 2 nitrogen and oxygen atoms in total. The number of nitrogens with one attached hydrogen (secondary N) is 1. The largest absolute Gasteiger partial charge is 0.347 e. The number of hydrogen-bond donors (Lipinski definition) is 1. The van der Waals surface area contributed by atoms with Crippen LogP contribution in [0.4, 0.5) is 0 Å². The van der Waals surface area contributed by atoms with Crippen LogP contribution in [0.3, 0.4) is 0 Å². The van der Waals surface area contributed by atoms with Gasteiger partial charge in [0, 0.05) is 20.3 Å². The van der Waals surface area contributed by atoms with Gasteiger partial charge >= 0.3 is 0 Å². The second kappa shape index (κ2) is 6.10. The van der Waals surface area contributed by atoms with Crippen molar-refractivity contribution in [2.45, 2.75) is 32.7 Å². The van der Waals surface area contributed by atoms with Gasteiger partial charge in [-0.3, -0.25) is 4.79 Å². The lowest BCUT2D eigenvalue weighted by Gasteiger charge is -2.22. The van der Waals surface area contributed by atoms with Crippen LogP contribution in [0.15, 0.2) is 40.2 Å². The molecule has 1 N–H and O–H groups in total. The van der Waals surface area contributed by atoms with Crippen LogP contribution in [-0.4, -0.2) is 5.91 Å². The van der Waals surface area contributed by atoms with Crippen LogP contribution in [0.1, 0.15) is 41.6 Å². The predicted molar refractivity (Wildman–Crippen MR) is 88.3 cm³/mol. The summed E-state index contributed by atoms with van der Waals surface area (Å²) in [6.45, 7) is 6.92. The molecule has 1 amide bonds. The van der Waals surface area contributed by atoms with Crippen LogP contribution in [0.25, 0.3) is 0 Å². The Labute approximate surface area is 132 Å². The van der Waals surface area contributed by atoms with E-state index in [0.29, 0.717) is 6.54 Å². The first-order valence-electron chi connectivity index (χ1n) is 6.48. The average molecular weight is 352 g/mol. The van der Waals surface area contributed by atoms with E-state index < -0.39 is 0 Å². The van der Waals surface area contributed by atoms with Crippen molar-refractivity contribution in [1.29, 1.82) is 0 Å². The molecule has 0 aliphatic carbocycles. The highest BCUT2D eigenvalue weighted by Gasteiger charge is 2.20. The minimum absolute atomic E-state index is 0.0138. The summed E-state index contributed by atoms with van der Waals surface area (Å²) in [6, 6.07) is 9.83. The average Bonchev–Trinajstić information content (AvgIpc) is 2.81. The lowest BCUT2D eigenvalue weighted by Crippen LogP contribution is -2.26. The number of carbonyl (C=O) groups excluding carboxylic acids is 1. The molecule has 4 heteroatoms. The first kappa shape index (κ1) is 15.3. The summed E-state index contributed by atoms with van der Waals surface area (Å²) in [5.74, 6) is -0.0138. The fourth-order valence-electron chi connectivity index (χ4n) is 2.04. The van der Waals surface area contributed by atoms with Crippen LogP contribution in [-0.2, 0) is 12.0 Å². The normalized spacial score (nSPS) is 11.4. The van der Waals surface area contributed by atoms with Gasteiger partial charge in [0.25, 0.3) is 5.91 Å². The number of carbonyl (C=O) groups is 1. The molecule has 0 atom stereocenters. The van der Waals surface area contributed by atoms with Crippen LogP contribution < -0.4 is 5.32 Å². The van der Waals surface area contributed by atoms with Crippen molar-refractivity contribution >= 4 is 33.2 Å². The molecule has 0 unspecified atom stereocenters. The minimum atomic E-state index is -0.0418. The molecule has 0 bridgehead atoms. The van der Waals surface area contributed by atoms with E-state index in [2.05, 4.69) is 42.0 Å². The van der Waals surface area contributed by atoms with Gasteiger partial charge in [0.15, 0.2) is 0 Å². The summed E-state index contributed by atoms with van der Waals surface area (Å²) in [7, 11) is 0. The van der Waals surface area contributed by atoms with Crippen molar-refractivity contribution in [3.8, 4) is 0 Å². The molecule has 0 spiro atoms. The van der Waals surface area contributed by atoms with Gasteiger partial charge in [-0.2, -0.15) is 0 Å². The number of amides is 1. The maximum absolute atomic E-state index is 12.4. The number of thiophene rings is 1. The summed E-state index contributed by atoms with van der Waals surface area (Å²) in [5.41, 5.74) is 1.79. The third-order valence-electron chi connectivity index (χ3n) is 3.02. The maximum Gasteiger partial charge on any atom is 0.251 e. The third kappa shape index (κ3) is 3.70. The topological polar surface area (TPSA) is 29.1 Å². The minimum Gasteiger partial charge on any atom is -0.347 e. The van der Waals surface area contributed by atoms with Crippen molar-refractivity contribution in [3.05, 3.63) is 56.2 Å². The van der Waals surface area contributed by atoms with E-state index in [0.717, 1.165) is 20.5 Å². The Morgan fingerprint density at radius 1 is 1.30 bits per heavy atom. The molecule has 1 heterocycles. The van der Waals surface area contributed by atoms with Gasteiger partial charge in [-0.1, -0.05) is 39.0 Å². The van der Waals surface area contributed by atoms with E-state index in [1.807, 2.05) is 35.7 Å². The zero-order valence-electron chi connectivity index (χ0n) is 11.9. The molecule has 1 aromatic heterocycles. The van der Waals surface area contributed by atoms with Crippen LogP contribution in [0.5, 0.6) is 0 Å². The molecule has 2 aromatic rings. The lowest BCUT2D eigenvalue weighted by molar-refractivity contribution is 0.0949. The van der Waals surface area contributed by atoms with Crippen molar-refractivity contribution in [2.24, 2.45) is 0 Å². The van der Waals surface area contributed by atoms with Crippen LogP contribution in [0, 0.1) is 0 Å². The molecule has 0 aliphatic heterocycles. The molecular formula is C16H18BrNOS. The predicted octanol–water partition coefficient (Wildman–Crippen LogP) is 4.74. The first-order chi connectivity index (χ1) is 9.38. The van der Waals surface area contributed by atoms with Crippen molar-refractivity contribution < 1.29 is 4.79 Å². The van der Waals surface area contributed by atoms with Gasteiger partial charge in [-0.15, -0.1) is 11.3 Å². The number of hydrogen-bond acceptors (Lipinski definition) is 2. The fourth-order valence-corrected chi connectivity index (χ4v) is 3.43. The first-order valence-corrected chi connectivity index (χ1v) is 8.16. The van der Waals surface area contributed by atoms with Gasteiger partial charge in [0.2, 0.25) is 0 Å². The van der Waals surface area contributed by atoms with E-state index in [1.165, 1.54) is 0 Å². The van der Waals surface area contributed by atoms with Crippen molar-refractivity contribution in [1.82, 2.24) is 5.32 Å². The van der Waals surface area contributed by atoms with E-state index >= 15 is 0 Å². The second-order valence-electron chi connectivity index (χ2n) is 5.71. The summed E-state index contributed by atoms with van der Waals surface area (Å²) >= 11 is 5.05. The molecular weight excluding hydrogens is 334 g/mol. The number of benzene rings is 1. The molecule has 0 aliphatic rings. The molecule has 106 valence electrons. The molecule has 0 radical (unpaired) electrons. The van der Waals surface area contributed by atoms with E-state index in [-0.39, 0.29) is 11.3 Å². The zero-order valence-corrected chi connectivity index (χ0v) is 14.3. The molecule has 2 rings (SSSR count). The number of rotatable bonds is 3. The summed E-state index contributed by atoms with van der Waals surface area (Å²) < 4.78 is 1.06. The van der Waals surface area contributed by atoms with Crippen molar-refractivity contribution in [2.75, 3.05) is 0 Å². The lowest BCUT2D eigenvalue weighted by atomic mass is 9.83. The molecule has 0 fully saturated rings. The second-order valence-corrected chi connectivity index (χ2v) is 7.62. The monoisotopic (exact) mass is 351 g/mol. The van der Waals surface area contributed by atoms with E-state index in [1.54, 1.807) is 11.3 Å². The van der Waals surface area contributed by atoms with Gasteiger partial charge in [-0.05, 0) is 39.0 Å². The van der Waals surface area contributed by atoms with Gasteiger partial charge in [0.1, 0.15) is 0 Å². The fraction of sp³-hybridized carbons (Fsp3) is 0.312. The Balaban J connectivity index is 2.13. The maximum atomic E-state index is 12.4. The Kier molecular flexibility index (Phi) is 4.66. The Hall–Kier alpha value is -1.13. The number of halogens is 1. The third-order valence-corrected chi connectivity index (χ3v) is 4.72. The summed E-state index contributed by atoms with van der Waals surface area (Å²) in [4.78, 5) is 13.5. The molecule has 0 saturated heterocycles. The van der Waals surface area contributed by atoms with Crippen LogP contribution in [0.2, 0.25) is 0 Å². The highest BCUT2D eigenvalue weighted by atomic mass is 79.9. The van der Waals surface area contributed by atoms with Crippen LogP contribution >= 0.6 is 27.3 Å². The van der Waals surface area contributed by atoms with Gasteiger partial charge in [0.05, 0.1) is 6.54 Å². The van der Waals surface area contributed by atoms with E-state index in [4.69, 9.17) is 0 Å². The Bertz CT molecular complexity index is 613. The molecule has 20 heavy (non-hydrogen) atoms. The summed E-state index contributed by atoms with van der Waals surface area (Å²) in [5, 5.41) is 5.01.